The van der Waals surface area contributed by atoms with Gasteiger partial charge in [0.25, 0.3) is 0 Å². The van der Waals surface area contributed by atoms with Crippen LogP contribution < -0.4 is 0 Å². The van der Waals surface area contributed by atoms with Crippen LogP contribution in [0.5, 0.6) is 0 Å². The summed E-state index contributed by atoms with van der Waals surface area (Å²) in [6.45, 7) is 2.22. The Labute approximate surface area is 126 Å². The van der Waals surface area contributed by atoms with Gasteiger partial charge in [-0.05, 0) is 44.4 Å². The fraction of sp³-hybridized carbons (Fsp3) is 0.938. The van der Waals surface area contributed by atoms with Crippen molar-refractivity contribution in [2.75, 3.05) is 0 Å². The largest absolute Gasteiger partial charge is 0.462 e. The Morgan fingerprint density at radius 1 is 1.10 bits per heavy atom. The second-order valence-corrected chi connectivity index (χ2v) is 6.66. The Hall–Kier alpha value is -1.13. The molecule has 0 radical (unpaired) electrons. The minimum Gasteiger partial charge on any atom is -0.462 e. The van der Waals surface area contributed by atoms with E-state index in [2.05, 4.69) is 6.92 Å². The number of nitro groups is 1. The Kier molecular flexibility index (Phi) is 6.00. The lowest BCUT2D eigenvalue weighted by atomic mass is 9.84. The van der Waals surface area contributed by atoms with Gasteiger partial charge in [-0.25, -0.2) is 0 Å². The highest BCUT2D eigenvalue weighted by molar-refractivity contribution is 5.72. The maximum atomic E-state index is 12.2. The van der Waals surface area contributed by atoms with Crippen LogP contribution in [0.15, 0.2) is 0 Å². The summed E-state index contributed by atoms with van der Waals surface area (Å²) in [5, 5.41) is 10.7. The number of carbonyl (C=O) groups excluding carboxylic acids is 1. The standard InChI is InChI=1S/C16H27NO4/c1-2-3-12-4-10-15(11-5-12)21-16(18)13-6-8-14(9-7-13)17(19)20/h12-15H,2-11H2,1H3. The predicted molar refractivity (Wildman–Crippen MR) is 79.5 cm³/mol. The summed E-state index contributed by atoms with van der Waals surface area (Å²) in [4.78, 5) is 22.7. The highest BCUT2D eigenvalue weighted by atomic mass is 16.6. The van der Waals surface area contributed by atoms with E-state index in [1.54, 1.807) is 0 Å². The van der Waals surface area contributed by atoms with Crippen molar-refractivity contribution in [2.45, 2.75) is 83.3 Å². The second kappa shape index (κ2) is 7.76. The molecule has 0 aromatic heterocycles. The number of rotatable bonds is 5. The first-order chi connectivity index (χ1) is 10.1. The molecule has 0 bridgehead atoms. The van der Waals surface area contributed by atoms with Crippen LogP contribution in [0.2, 0.25) is 0 Å². The number of hydrogen-bond acceptors (Lipinski definition) is 4. The van der Waals surface area contributed by atoms with Crippen LogP contribution in [0.4, 0.5) is 0 Å². The molecule has 0 unspecified atom stereocenters. The van der Waals surface area contributed by atoms with Crippen molar-refractivity contribution >= 4 is 5.97 Å². The third-order valence-electron chi connectivity index (χ3n) is 5.10. The first-order valence-corrected chi connectivity index (χ1v) is 8.44. The molecule has 5 nitrogen and oxygen atoms in total. The van der Waals surface area contributed by atoms with E-state index >= 15 is 0 Å². The van der Waals surface area contributed by atoms with Crippen LogP contribution in [-0.4, -0.2) is 23.0 Å². The van der Waals surface area contributed by atoms with Crippen molar-refractivity contribution in [1.82, 2.24) is 0 Å². The number of ether oxygens (including phenoxy) is 1. The van der Waals surface area contributed by atoms with E-state index in [-0.39, 0.29) is 22.9 Å². The van der Waals surface area contributed by atoms with Gasteiger partial charge in [0.15, 0.2) is 0 Å². The lowest BCUT2D eigenvalue weighted by molar-refractivity contribution is -0.526. The number of carbonyl (C=O) groups is 1. The summed E-state index contributed by atoms with van der Waals surface area (Å²) < 4.78 is 5.64. The SMILES string of the molecule is CCCC1CCC(OC(=O)C2CCC([N+](=O)[O-])CC2)CC1. The van der Waals surface area contributed by atoms with Gasteiger partial charge in [-0.1, -0.05) is 19.8 Å². The zero-order valence-corrected chi connectivity index (χ0v) is 13.0. The maximum Gasteiger partial charge on any atom is 0.309 e. The maximum absolute atomic E-state index is 12.2. The molecule has 21 heavy (non-hydrogen) atoms. The van der Waals surface area contributed by atoms with E-state index in [9.17, 15) is 14.9 Å². The van der Waals surface area contributed by atoms with Gasteiger partial charge in [0, 0.05) is 17.8 Å². The molecular formula is C16H27NO4. The molecule has 0 saturated heterocycles. The molecule has 2 saturated carbocycles. The zero-order valence-electron chi connectivity index (χ0n) is 13.0. The first kappa shape index (κ1) is 16.2. The molecule has 2 rings (SSSR count). The van der Waals surface area contributed by atoms with Crippen LogP contribution in [0, 0.1) is 22.0 Å². The fourth-order valence-electron chi connectivity index (χ4n) is 3.73. The lowest BCUT2D eigenvalue weighted by Gasteiger charge is -2.30. The van der Waals surface area contributed by atoms with Crippen molar-refractivity contribution in [1.29, 1.82) is 0 Å². The summed E-state index contributed by atoms with van der Waals surface area (Å²) >= 11 is 0. The molecule has 5 heteroatoms. The van der Waals surface area contributed by atoms with Gasteiger partial charge >= 0.3 is 5.97 Å². The third kappa shape index (κ3) is 4.68. The van der Waals surface area contributed by atoms with Crippen LogP contribution in [0.3, 0.4) is 0 Å². The molecule has 0 aliphatic heterocycles. The highest BCUT2D eigenvalue weighted by Gasteiger charge is 2.34. The van der Waals surface area contributed by atoms with E-state index in [4.69, 9.17) is 4.74 Å². The fourth-order valence-corrected chi connectivity index (χ4v) is 3.73. The predicted octanol–water partition coefficient (Wildman–Crippen LogP) is 3.72. The van der Waals surface area contributed by atoms with Crippen molar-refractivity contribution in [3.63, 3.8) is 0 Å². The summed E-state index contributed by atoms with van der Waals surface area (Å²) in [5.41, 5.74) is 0. The molecule has 0 atom stereocenters. The number of nitrogens with zero attached hydrogens (tertiary/aromatic N) is 1. The Morgan fingerprint density at radius 2 is 1.71 bits per heavy atom. The van der Waals surface area contributed by atoms with Crippen LogP contribution >= 0.6 is 0 Å². The highest BCUT2D eigenvalue weighted by Crippen LogP contribution is 2.32. The summed E-state index contributed by atoms with van der Waals surface area (Å²) in [5.74, 6) is 0.575. The lowest BCUT2D eigenvalue weighted by Crippen LogP contribution is -2.33. The second-order valence-electron chi connectivity index (χ2n) is 6.66. The van der Waals surface area contributed by atoms with E-state index < -0.39 is 6.04 Å². The van der Waals surface area contributed by atoms with Gasteiger partial charge < -0.3 is 4.74 Å². The summed E-state index contributed by atoms with van der Waals surface area (Å²) in [7, 11) is 0. The molecule has 120 valence electrons. The normalized spacial score (nSPS) is 33.4. The molecule has 0 aromatic carbocycles. The molecule has 0 amide bonds. The molecular weight excluding hydrogens is 270 g/mol. The average Bonchev–Trinajstić information content (AvgIpc) is 2.49. The van der Waals surface area contributed by atoms with Crippen molar-refractivity contribution in [3.8, 4) is 0 Å². The molecule has 0 N–H and O–H groups in total. The Balaban J connectivity index is 1.70. The number of hydrogen-bond donors (Lipinski definition) is 0. The molecule has 0 aromatic rings. The van der Waals surface area contributed by atoms with E-state index in [0.29, 0.717) is 25.7 Å². The minimum atomic E-state index is -0.460. The molecule has 2 fully saturated rings. The van der Waals surface area contributed by atoms with Crippen molar-refractivity contribution in [3.05, 3.63) is 10.1 Å². The van der Waals surface area contributed by atoms with E-state index in [1.165, 1.54) is 25.7 Å². The Bertz CT molecular complexity index is 355. The summed E-state index contributed by atoms with van der Waals surface area (Å²) in [6.07, 6.45) is 9.14. The van der Waals surface area contributed by atoms with Gasteiger partial charge in [0.05, 0.1) is 5.92 Å². The van der Waals surface area contributed by atoms with Gasteiger partial charge in [-0.3, -0.25) is 14.9 Å². The number of esters is 1. The van der Waals surface area contributed by atoms with Crippen LogP contribution in [0.25, 0.3) is 0 Å². The zero-order chi connectivity index (χ0) is 15.2. The topological polar surface area (TPSA) is 69.4 Å². The quantitative estimate of drug-likeness (QED) is 0.440. The Morgan fingerprint density at radius 3 is 2.24 bits per heavy atom. The average molecular weight is 297 g/mol. The van der Waals surface area contributed by atoms with Crippen LogP contribution in [-0.2, 0) is 9.53 Å². The third-order valence-corrected chi connectivity index (χ3v) is 5.10. The van der Waals surface area contributed by atoms with Crippen LogP contribution in [0.1, 0.15) is 71.1 Å². The molecule has 2 aliphatic carbocycles. The molecule has 0 spiro atoms. The first-order valence-electron chi connectivity index (χ1n) is 8.44. The van der Waals surface area contributed by atoms with Gasteiger partial charge in [0.1, 0.15) is 6.10 Å². The van der Waals surface area contributed by atoms with E-state index in [0.717, 1.165) is 18.8 Å². The molecule has 0 heterocycles. The minimum absolute atomic E-state index is 0.0823. The van der Waals surface area contributed by atoms with Gasteiger partial charge in [-0.2, -0.15) is 0 Å². The summed E-state index contributed by atoms with van der Waals surface area (Å²) in [6, 6.07) is -0.460. The monoisotopic (exact) mass is 297 g/mol. The van der Waals surface area contributed by atoms with Crippen molar-refractivity contribution < 1.29 is 14.5 Å². The molecule has 2 aliphatic rings. The van der Waals surface area contributed by atoms with Crippen molar-refractivity contribution in [2.24, 2.45) is 11.8 Å². The smallest absolute Gasteiger partial charge is 0.309 e. The van der Waals surface area contributed by atoms with Gasteiger partial charge in [0.2, 0.25) is 6.04 Å². The van der Waals surface area contributed by atoms with Gasteiger partial charge in [-0.15, -0.1) is 0 Å². The van der Waals surface area contributed by atoms with E-state index in [1.807, 2.05) is 0 Å².